The molecule has 3 fully saturated rings. The average Bonchev–Trinajstić information content (AvgIpc) is 3.37. The molecule has 2 bridgehead atoms. The van der Waals surface area contributed by atoms with Crippen LogP contribution in [0.25, 0.3) is 10.9 Å². The van der Waals surface area contributed by atoms with Crippen molar-refractivity contribution in [2.75, 3.05) is 0 Å². The van der Waals surface area contributed by atoms with Crippen LogP contribution in [0.1, 0.15) is 12.0 Å². The summed E-state index contributed by atoms with van der Waals surface area (Å²) in [6.07, 6.45) is 9.18. The summed E-state index contributed by atoms with van der Waals surface area (Å²) in [6, 6.07) is 8.05. The molecule has 6 atom stereocenters. The fourth-order valence-electron chi connectivity index (χ4n) is 5.65. The normalized spacial score (nSPS) is 37.0. The van der Waals surface area contributed by atoms with Crippen LogP contribution >= 0.6 is 0 Å². The van der Waals surface area contributed by atoms with Gasteiger partial charge in [0.05, 0.1) is 18.1 Å². The number of aromatic nitrogens is 1. The smallest absolute Gasteiger partial charge is 0.254 e. The van der Waals surface area contributed by atoms with E-state index in [4.69, 9.17) is 0 Å². The van der Waals surface area contributed by atoms with Crippen molar-refractivity contribution >= 4 is 28.9 Å². The van der Waals surface area contributed by atoms with Crippen molar-refractivity contribution < 1.29 is 9.59 Å². The van der Waals surface area contributed by atoms with Gasteiger partial charge in [-0.25, -0.2) is 0 Å². The monoisotopic (exact) mass is 345 g/mol. The summed E-state index contributed by atoms with van der Waals surface area (Å²) in [5, 5.41) is 6.56. The number of fused-ring (bicyclic) bond motifs is 1. The van der Waals surface area contributed by atoms with Crippen LogP contribution in [0.5, 0.6) is 0 Å². The second kappa shape index (κ2) is 4.72. The lowest BCUT2D eigenvalue weighted by molar-refractivity contribution is -0.140. The van der Waals surface area contributed by atoms with Crippen LogP contribution in [0.4, 0.5) is 0 Å². The quantitative estimate of drug-likeness (QED) is 0.477. The maximum atomic E-state index is 12.9. The lowest BCUT2D eigenvalue weighted by Gasteiger charge is -2.37. The maximum Gasteiger partial charge on any atom is 0.254 e. The molecule has 1 saturated heterocycles. The van der Waals surface area contributed by atoms with Gasteiger partial charge in [0.1, 0.15) is 0 Å². The fourth-order valence-corrected chi connectivity index (χ4v) is 5.65. The zero-order chi connectivity index (χ0) is 17.6. The number of para-hydroxylation sites is 1. The number of hydrogen-bond acceptors (Lipinski definition) is 3. The van der Waals surface area contributed by atoms with Crippen LogP contribution in [-0.2, 0) is 16.6 Å². The van der Waals surface area contributed by atoms with Crippen molar-refractivity contribution in [3.63, 3.8) is 0 Å². The number of carbonyl (C=O) groups excluding carboxylic acids is 2. The Hall–Kier alpha value is -2.69. The first-order chi connectivity index (χ1) is 12.6. The standard InChI is InChI=1S/C21H19N3O2/c1-23-10-11(12-4-2-3-5-17(12)23)9-22-24-20(25)18-13-6-7-14(16-8-15(13)16)19(18)21(24)26/h2-7,9-10,13-16,18-19H,8H2,1H3. The van der Waals surface area contributed by atoms with Crippen LogP contribution in [0.15, 0.2) is 47.7 Å². The highest BCUT2D eigenvalue weighted by Crippen LogP contribution is 2.65. The minimum absolute atomic E-state index is 0.110. The average molecular weight is 345 g/mol. The van der Waals surface area contributed by atoms with Crippen molar-refractivity contribution in [1.82, 2.24) is 9.58 Å². The van der Waals surface area contributed by atoms with Crippen LogP contribution in [0.3, 0.4) is 0 Å². The van der Waals surface area contributed by atoms with Gasteiger partial charge < -0.3 is 4.57 Å². The summed E-state index contributed by atoms with van der Waals surface area (Å²) >= 11 is 0. The molecule has 0 spiro atoms. The summed E-state index contributed by atoms with van der Waals surface area (Å²) < 4.78 is 2.03. The molecule has 1 aromatic heterocycles. The van der Waals surface area contributed by atoms with Crippen molar-refractivity contribution in [2.45, 2.75) is 6.42 Å². The molecule has 5 nitrogen and oxygen atoms in total. The molecule has 1 aliphatic heterocycles. The number of benzene rings is 1. The molecule has 2 heterocycles. The van der Waals surface area contributed by atoms with Gasteiger partial charge in [-0.2, -0.15) is 10.1 Å². The van der Waals surface area contributed by atoms with Crippen molar-refractivity contribution in [3.05, 3.63) is 48.2 Å². The molecule has 4 aliphatic carbocycles. The van der Waals surface area contributed by atoms with Crippen LogP contribution in [-0.4, -0.2) is 27.6 Å². The molecule has 130 valence electrons. The highest BCUT2D eigenvalue weighted by Gasteiger charge is 2.67. The van der Waals surface area contributed by atoms with Gasteiger partial charge in [-0.3, -0.25) is 9.59 Å². The Balaban J connectivity index is 1.36. The number of rotatable bonds is 2. The second-order valence-electron chi connectivity index (χ2n) is 8.10. The van der Waals surface area contributed by atoms with Crippen molar-refractivity contribution in [3.8, 4) is 0 Å². The van der Waals surface area contributed by atoms with E-state index in [0.29, 0.717) is 11.8 Å². The molecule has 0 radical (unpaired) electrons. The van der Waals surface area contributed by atoms with Gasteiger partial charge in [0.2, 0.25) is 0 Å². The fraction of sp³-hybridized carbons (Fsp3) is 0.381. The lowest BCUT2D eigenvalue weighted by Crippen LogP contribution is -2.40. The van der Waals surface area contributed by atoms with E-state index in [9.17, 15) is 9.59 Å². The number of imide groups is 1. The Labute approximate surface area is 151 Å². The molecule has 6 unspecified atom stereocenters. The first kappa shape index (κ1) is 14.5. The molecular formula is C21H19N3O2. The third-order valence-electron chi connectivity index (χ3n) is 6.88. The number of aryl methyl sites for hydroxylation is 1. The Morgan fingerprint density at radius 1 is 1.04 bits per heavy atom. The molecule has 2 amide bonds. The summed E-state index contributed by atoms with van der Waals surface area (Å²) in [5.41, 5.74) is 2.02. The largest absolute Gasteiger partial charge is 0.350 e. The van der Waals surface area contributed by atoms with E-state index in [1.54, 1.807) is 6.21 Å². The van der Waals surface area contributed by atoms with Crippen LogP contribution in [0, 0.1) is 35.5 Å². The molecule has 1 aromatic carbocycles. The minimum atomic E-state index is -0.189. The van der Waals surface area contributed by atoms with E-state index in [0.717, 1.165) is 21.5 Å². The molecule has 2 aromatic rings. The number of hydrogen-bond donors (Lipinski definition) is 0. The van der Waals surface area contributed by atoms with Crippen molar-refractivity contribution in [2.24, 2.45) is 47.7 Å². The Bertz CT molecular complexity index is 997. The number of amides is 2. The molecule has 7 rings (SSSR count). The van der Waals surface area contributed by atoms with Gasteiger partial charge in [0.25, 0.3) is 11.8 Å². The summed E-state index contributed by atoms with van der Waals surface area (Å²) in [5.74, 6) is 1.11. The maximum absolute atomic E-state index is 12.9. The minimum Gasteiger partial charge on any atom is -0.350 e. The predicted molar refractivity (Wildman–Crippen MR) is 97.1 cm³/mol. The summed E-state index contributed by atoms with van der Waals surface area (Å²) in [4.78, 5) is 25.9. The predicted octanol–water partition coefficient (Wildman–Crippen LogP) is 2.57. The summed E-state index contributed by atoms with van der Waals surface area (Å²) in [6.45, 7) is 0. The molecule has 5 heteroatoms. The first-order valence-electron chi connectivity index (χ1n) is 9.29. The number of hydrazone groups is 1. The molecule has 26 heavy (non-hydrogen) atoms. The number of carbonyl (C=O) groups is 2. The molecule has 5 aliphatic rings. The van der Waals surface area contributed by atoms with E-state index in [1.165, 1.54) is 6.42 Å². The van der Waals surface area contributed by atoms with Crippen LogP contribution < -0.4 is 0 Å². The van der Waals surface area contributed by atoms with Gasteiger partial charge in [-0.15, -0.1) is 0 Å². The van der Waals surface area contributed by atoms with E-state index >= 15 is 0 Å². The SMILES string of the molecule is Cn1cc(C=NN2C(=O)C3C4C=CC(C5CC45)C3C2=O)c2ccccc21. The highest BCUT2D eigenvalue weighted by molar-refractivity contribution is 6.07. The van der Waals surface area contributed by atoms with E-state index in [-0.39, 0.29) is 35.5 Å². The number of allylic oxidation sites excluding steroid dienone is 2. The van der Waals surface area contributed by atoms with Gasteiger partial charge in [0, 0.05) is 29.7 Å². The van der Waals surface area contributed by atoms with Gasteiger partial charge in [-0.05, 0) is 36.2 Å². The zero-order valence-electron chi connectivity index (χ0n) is 14.4. The lowest BCUT2D eigenvalue weighted by atomic mass is 9.63. The van der Waals surface area contributed by atoms with Gasteiger partial charge in [0.15, 0.2) is 0 Å². The zero-order valence-corrected chi connectivity index (χ0v) is 14.4. The van der Waals surface area contributed by atoms with Gasteiger partial charge in [-0.1, -0.05) is 30.4 Å². The highest BCUT2D eigenvalue weighted by atomic mass is 16.2. The van der Waals surface area contributed by atoms with E-state index in [2.05, 4.69) is 17.3 Å². The van der Waals surface area contributed by atoms with Gasteiger partial charge >= 0.3 is 0 Å². The third kappa shape index (κ3) is 1.68. The Morgan fingerprint density at radius 2 is 1.69 bits per heavy atom. The first-order valence-corrected chi connectivity index (χ1v) is 9.29. The number of nitrogens with zero attached hydrogens (tertiary/aromatic N) is 3. The van der Waals surface area contributed by atoms with E-state index in [1.807, 2.05) is 42.1 Å². The molecule has 2 saturated carbocycles. The second-order valence-corrected chi connectivity index (χ2v) is 8.10. The Kier molecular flexibility index (Phi) is 2.63. The van der Waals surface area contributed by atoms with E-state index < -0.39 is 0 Å². The third-order valence-corrected chi connectivity index (χ3v) is 6.88. The molecular weight excluding hydrogens is 326 g/mol. The van der Waals surface area contributed by atoms with Crippen LogP contribution in [0.2, 0.25) is 0 Å². The summed E-state index contributed by atoms with van der Waals surface area (Å²) in [7, 11) is 1.98. The molecule has 0 N–H and O–H groups in total. The van der Waals surface area contributed by atoms with Crippen molar-refractivity contribution in [1.29, 1.82) is 0 Å². The topological polar surface area (TPSA) is 54.7 Å². The Morgan fingerprint density at radius 3 is 2.38 bits per heavy atom.